The first-order chi connectivity index (χ1) is 15.7. The van der Waals surface area contributed by atoms with E-state index in [0.29, 0.717) is 18.8 Å². The number of anilines is 1. The molecule has 7 nitrogen and oxygen atoms in total. The number of fused-ring (bicyclic) bond motifs is 1. The fourth-order valence-electron chi connectivity index (χ4n) is 3.70. The minimum absolute atomic E-state index is 0.0500. The summed E-state index contributed by atoms with van der Waals surface area (Å²) in [5.74, 6) is 3.34. The van der Waals surface area contributed by atoms with Crippen molar-refractivity contribution in [2.24, 2.45) is 0 Å². The van der Waals surface area contributed by atoms with Crippen molar-refractivity contribution in [2.45, 2.75) is 43.6 Å². The van der Waals surface area contributed by atoms with Crippen LogP contribution in [0.25, 0.3) is 11.0 Å². The third-order valence-electron chi connectivity index (χ3n) is 5.29. The predicted octanol–water partition coefficient (Wildman–Crippen LogP) is 3.98. The van der Waals surface area contributed by atoms with Gasteiger partial charge in [-0.25, -0.2) is 14.6 Å². The number of rotatable bonds is 11. The Morgan fingerprint density at radius 1 is 1.16 bits per heavy atom. The largest absolute Gasteiger partial charge is 0.356 e. The van der Waals surface area contributed by atoms with Gasteiger partial charge in [0.15, 0.2) is 10.8 Å². The molecule has 3 heterocycles. The van der Waals surface area contributed by atoms with Gasteiger partial charge in [0, 0.05) is 31.1 Å². The van der Waals surface area contributed by atoms with E-state index in [-0.39, 0.29) is 5.91 Å². The summed E-state index contributed by atoms with van der Waals surface area (Å²) in [5.41, 5.74) is 2.09. The second kappa shape index (κ2) is 11.6. The van der Waals surface area contributed by atoms with Crippen LogP contribution in [0.1, 0.15) is 31.7 Å². The van der Waals surface area contributed by atoms with Gasteiger partial charge in [-0.15, -0.1) is 11.8 Å². The summed E-state index contributed by atoms with van der Waals surface area (Å²) in [6.45, 7) is 5.35. The molecule has 9 heteroatoms. The first kappa shape index (κ1) is 22.9. The van der Waals surface area contributed by atoms with Gasteiger partial charge in [0.05, 0.1) is 23.9 Å². The Bertz CT molecular complexity index is 1020. The number of amides is 1. The molecule has 32 heavy (non-hydrogen) atoms. The lowest BCUT2D eigenvalue weighted by atomic mass is 10.2. The van der Waals surface area contributed by atoms with Crippen molar-refractivity contribution in [1.29, 1.82) is 0 Å². The van der Waals surface area contributed by atoms with E-state index in [0.717, 1.165) is 53.0 Å². The molecule has 0 aliphatic carbocycles. The molecule has 1 aromatic carbocycles. The van der Waals surface area contributed by atoms with Gasteiger partial charge in [0.1, 0.15) is 5.82 Å². The van der Waals surface area contributed by atoms with E-state index in [1.807, 2.05) is 29.1 Å². The molecule has 4 rings (SSSR count). The average molecular weight is 471 g/mol. The molecule has 1 aliphatic rings. The van der Waals surface area contributed by atoms with E-state index < -0.39 is 0 Å². The van der Waals surface area contributed by atoms with Gasteiger partial charge in [-0.1, -0.05) is 49.0 Å². The van der Waals surface area contributed by atoms with Gasteiger partial charge in [0.2, 0.25) is 5.91 Å². The van der Waals surface area contributed by atoms with Crippen LogP contribution in [0.3, 0.4) is 0 Å². The number of benzene rings is 1. The van der Waals surface area contributed by atoms with Gasteiger partial charge in [-0.3, -0.25) is 4.79 Å². The second-order valence-electron chi connectivity index (χ2n) is 7.81. The lowest BCUT2D eigenvalue weighted by molar-refractivity contribution is -0.118. The van der Waals surface area contributed by atoms with Crippen LogP contribution in [0.5, 0.6) is 0 Å². The molecule has 0 spiro atoms. The highest BCUT2D eigenvalue weighted by atomic mass is 32.2. The molecule has 2 aromatic heterocycles. The topological polar surface area (TPSA) is 75.9 Å². The molecular formula is C23H30N6OS2. The smallest absolute Gasteiger partial charge is 0.230 e. The van der Waals surface area contributed by atoms with Crippen LogP contribution in [0, 0.1) is 0 Å². The Morgan fingerprint density at radius 2 is 1.97 bits per heavy atom. The summed E-state index contributed by atoms with van der Waals surface area (Å²) in [6.07, 6.45) is 5.35. The second-order valence-corrected chi connectivity index (χ2v) is 9.85. The summed E-state index contributed by atoms with van der Waals surface area (Å²) in [7, 11) is 0. The normalized spacial score (nSPS) is 13.7. The zero-order chi connectivity index (χ0) is 22.2. The van der Waals surface area contributed by atoms with Crippen LogP contribution in [-0.2, 0) is 17.1 Å². The first-order valence-corrected chi connectivity index (χ1v) is 13.4. The highest BCUT2D eigenvalue weighted by Crippen LogP contribution is 2.29. The van der Waals surface area contributed by atoms with E-state index in [9.17, 15) is 4.79 Å². The maximum Gasteiger partial charge on any atom is 0.230 e. The highest BCUT2D eigenvalue weighted by molar-refractivity contribution is 7.99. The lowest BCUT2D eigenvalue weighted by Crippen LogP contribution is -2.29. The van der Waals surface area contributed by atoms with Crippen molar-refractivity contribution in [1.82, 2.24) is 25.1 Å². The van der Waals surface area contributed by atoms with Crippen LogP contribution < -0.4 is 10.2 Å². The van der Waals surface area contributed by atoms with Crippen LogP contribution in [0.2, 0.25) is 0 Å². The standard InChI is InChI=1S/C23H30N6OS2/c1-2-14-32-23-26-21(28-11-6-7-12-28)19-15-25-29(22(19)27-23)13-10-24-20(30)17-31-16-18-8-4-3-5-9-18/h3-5,8-9,15H,2,6-7,10-14,16-17H2,1H3,(H,24,30). The highest BCUT2D eigenvalue weighted by Gasteiger charge is 2.20. The SMILES string of the molecule is CCCSc1nc(N2CCCC2)c2cnn(CCNC(=O)CSCc3ccccc3)c2n1. The molecule has 170 valence electrons. The molecule has 1 aliphatic heterocycles. The van der Waals surface area contributed by atoms with Gasteiger partial charge in [0.25, 0.3) is 0 Å². The third kappa shape index (κ3) is 5.95. The van der Waals surface area contributed by atoms with E-state index in [2.05, 4.69) is 34.4 Å². The zero-order valence-corrected chi connectivity index (χ0v) is 20.1. The first-order valence-electron chi connectivity index (χ1n) is 11.2. The lowest BCUT2D eigenvalue weighted by Gasteiger charge is -2.18. The molecule has 1 fully saturated rings. The number of thioether (sulfide) groups is 2. The molecule has 0 saturated carbocycles. The number of nitrogens with one attached hydrogen (secondary N) is 1. The average Bonchev–Trinajstić information content (AvgIpc) is 3.49. The molecular weight excluding hydrogens is 440 g/mol. The van der Waals surface area contributed by atoms with Crippen LogP contribution in [0.4, 0.5) is 5.82 Å². The van der Waals surface area contributed by atoms with Crippen LogP contribution >= 0.6 is 23.5 Å². The molecule has 0 atom stereocenters. The van der Waals surface area contributed by atoms with Gasteiger partial charge in [-0.2, -0.15) is 5.10 Å². The Hall–Kier alpha value is -2.26. The molecule has 1 N–H and O–H groups in total. The number of aromatic nitrogens is 4. The maximum absolute atomic E-state index is 12.2. The quantitative estimate of drug-likeness (QED) is 0.336. The molecule has 0 bridgehead atoms. The third-order valence-corrected chi connectivity index (χ3v) is 7.34. The van der Waals surface area contributed by atoms with Crippen molar-refractivity contribution in [3.8, 4) is 0 Å². The predicted molar refractivity (Wildman–Crippen MR) is 133 cm³/mol. The summed E-state index contributed by atoms with van der Waals surface area (Å²) in [5, 5.41) is 9.39. The molecule has 0 radical (unpaired) electrons. The van der Waals surface area contributed by atoms with Crippen LogP contribution in [0.15, 0.2) is 41.7 Å². The van der Waals surface area contributed by atoms with Gasteiger partial charge >= 0.3 is 0 Å². The number of carbonyl (C=O) groups excluding carboxylic acids is 1. The van der Waals surface area contributed by atoms with Crippen LogP contribution in [-0.4, -0.2) is 56.8 Å². The number of hydrogen-bond donors (Lipinski definition) is 1. The monoisotopic (exact) mass is 470 g/mol. The van der Waals surface area contributed by atoms with Crippen molar-refractivity contribution < 1.29 is 4.79 Å². The molecule has 1 saturated heterocycles. The summed E-state index contributed by atoms with van der Waals surface area (Å²) < 4.78 is 1.89. The zero-order valence-electron chi connectivity index (χ0n) is 18.5. The van der Waals surface area contributed by atoms with E-state index in [1.165, 1.54) is 18.4 Å². The van der Waals surface area contributed by atoms with E-state index in [1.54, 1.807) is 23.5 Å². The van der Waals surface area contributed by atoms with Crippen molar-refractivity contribution in [3.63, 3.8) is 0 Å². The van der Waals surface area contributed by atoms with Gasteiger partial charge in [-0.05, 0) is 24.8 Å². The summed E-state index contributed by atoms with van der Waals surface area (Å²) in [4.78, 5) is 24.2. The summed E-state index contributed by atoms with van der Waals surface area (Å²) in [6, 6.07) is 10.2. The minimum Gasteiger partial charge on any atom is -0.356 e. The molecule has 0 unspecified atom stereocenters. The molecule has 1 amide bonds. The Kier molecular flexibility index (Phi) is 8.28. The van der Waals surface area contributed by atoms with Crippen molar-refractivity contribution in [3.05, 3.63) is 42.1 Å². The summed E-state index contributed by atoms with van der Waals surface area (Å²) >= 11 is 3.32. The Labute approximate surface area is 197 Å². The van der Waals surface area contributed by atoms with Crippen molar-refractivity contribution >= 4 is 46.3 Å². The fraction of sp³-hybridized carbons (Fsp3) is 0.478. The number of carbonyl (C=O) groups is 1. The van der Waals surface area contributed by atoms with E-state index >= 15 is 0 Å². The Morgan fingerprint density at radius 3 is 2.75 bits per heavy atom. The Balaban J connectivity index is 1.36. The number of hydrogen-bond acceptors (Lipinski definition) is 7. The molecule has 3 aromatic rings. The van der Waals surface area contributed by atoms with Crippen molar-refractivity contribution in [2.75, 3.05) is 36.0 Å². The minimum atomic E-state index is 0.0500. The fourth-order valence-corrected chi connectivity index (χ4v) is 5.21. The van der Waals surface area contributed by atoms with E-state index in [4.69, 9.17) is 9.97 Å². The maximum atomic E-state index is 12.2. The van der Waals surface area contributed by atoms with Gasteiger partial charge < -0.3 is 10.2 Å². The number of nitrogens with zero attached hydrogens (tertiary/aromatic N) is 5.